The van der Waals surface area contributed by atoms with E-state index in [0.717, 1.165) is 0 Å². The largest absolute Gasteiger partial charge is 0.461 e. The third-order valence-corrected chi connectivity index (χ3v) is 2.30. The van der Waals surface area contributed by atoms with Crippen LogP contribution in [-0.2, 0) is 9.53 Å². The lowest BCUT2D eigenvalue weighted by Crippen LogP contribution is -2.24. The molecule has 94 valence electrons. The molecule has 0 saturated heterocycles. The predicted octanol–water partition coefficient (Wildman–Crippen LogP) is 2.16. The van der Waals surface area contributed by atoms with Crippen molar-refractivity contribution in [2.75, 3.05) is 17.6 Å². The molecule has 0 heterocycles. The lowest BCUT2D eigenvalue weighted by molar-refractivity contribution is -0.145. The minimum Gasteiger partial charge on any atom is -0.461 e. The van der Waals surface area contributed by atoms with Crippen molar-refractivity contribution in [1.82, 2.24) is 0 Å². The fourth-order valence-electron chi connectivity index (χ4n) is 1.40. The summed E-state index contributed by atoms with van der Waals surface area (Å²) in [6, 6.07) is 4.42. The van der Waals surface area contributed by atoms with Gasteiger partial charge in [-0.1, -0.05) is 6.92 Å². The Morgan fingerprint density at radius 3 is 2.82 bits per heavy atom. The number of nitrogens with one attached hydrogen (secondary N) is 1. The van der Waals surface area contributed by atoms with Crippen LogP contribution in [0.15, 0.2) is 18.2 Å². The van der Waals surface area contributed by atoms with Crippen molar-refractivity contribution >= 4 is 17.3 Å². The number of carbonyl (C=O) groups excluding carboxylic acids is 1. The molecule has 1 aromatic carbocycles. The lowest BCUT2D eigenvalue weighted by Gasteiger charge is -2.16. The lowest BCUT2D eigenvalue weighted by atomic mass is 10.2. The zero-order valence-electron chi connectivity index (χ0n) is 10.00. The van der Waals surface area contributed by atoms with E-state index in [0.29, 0.717) is 24.3 Å². The van der Waals surface area contributed by atoms with Gasteiger partial charge < -0.3 is 15.8 Å². The molecule has 0 aliphatic carbocycles. The molecule has 0 aliphatic rings. The van der Waals surface area contributed by atoms with Gasteiger partial charge in [-0.2, -0.15) is 0 Å². The summed E-state index contributed by atoms with van der Waals surface area (Å²) in [5.74, 6) is -0.751. The second kappa shape index (κ2) is 6.08. The fraction of sp³-hybridized carbons (Fsp3) is 0.417. The smallest absolute Gasteiger partial charge is 0.302 e. The Morgan fingerprint density at radius 2 is 2.29 bits per heavy atom. The van der Waals surface area contributed by atoms with Crippen LogP contribution in [0.3, 0.4) is 0 Å². The molecular formula is C12H17FN2O2. The first-order valence-corrected chi connectivity index (χ1v) is 5.49. The van der Waals surface area contributed by atoms with Crippen LogP contribution in [0.2, 0.25) is 0 Å². The molecule has 1 aromatic rings. The summed E-state index contributed by atoms with van der Waals surface area (Å²) in [7, 11) is 0. The van der Waals surface area contributed by atoms with E-state index in [1.165, 1.54) is 13.0 Å². The van der Waals surface area contributed by atoms with E-state index in [9.17, 15) is 9.18 Å². The highest BCUT2D eigenvalue weighted by Crippen LogP contribution is 2.17. The Balaban J connectivity index is 2.56. The van der Waals surface area contributed by atoms with E-state index in [4.69, 9.17) is 10.5 Å². The van der Waals surface area contributed by atoms with Gasteiger partial charge >= 0.3 is 5.97 Å². The maximum Gasteiger partial charge on any atom is 0.302 e. The third-order valence-electron chi connectivity index (χ3n) is 2.30. The topological polar surface area (TPSA) is 64.3 Å². The standard InChI is InChI=1S/C12H17FN2O2/c1-3-10(17-8(2)16)7-15-12-5-4-9(14)6-11(12)13/h4-6,10,15H,3,7,14H2,1-2H3/t10-/m1/s1. The number of halogens is 1. The van der Waals surface area contributed by atoms with E-state index >= 15 is 0 Å². The number of hydrogen-bond acceptors (Lipinski definition) is 4. The number of nitrogens with two attached hydrogens (primary N) is 1. The van der Waals surface area contributed by atoms with Gasteiger partial charge in [0, 0.05) is 12.6 Å². The fourth-order valence-corrected chi connectivity index (χ4v) is 1.40. The first-order chi connectivity index (χ1) is 8.02. The first kappa shape index (κ1) is 13.3. The maximum absolute atomic E-state index is 13.4. The highest BCUT2D eigenvalue weighted by molar-refractivity contribution is 5.66. The highest BCUT2D eigenvalue weighted by atomic mass is 19.1. The molecule has 0 saturated carbocycles. The Morgan fingerprint density at radius 1 is 1.59 bits per heavy atom. The van der Waals surface area contributed by atoms with E-state index in [1.807, 2.05) is 6.92 Å². The second-order valence-electron chi connectivity index (χ2n) is 3.76. The third kappa shape index (κ3) is 4.30. The maximum atomic E-state index is 13.4. The van der Waals surface area contributed by atoms with Crippen LogP contribution in [0, 0.1) is 5.82 Å². The summed E-state index contributed by atoms with van der Waals surface area (Å²) in [6.45, 7) is 3.62. The van der Waals surface area contributed by atoms with Gasteiger partial charge in [0.2, 0.25) is 0 Å². The van der Waals surface area contributed by atoms with Crippen molar-refractivity contribution < 1.29 is 13.9 Å². The monoisotopic (exact) mass is 240 g/mol. The quantitative estimate of drug-likeness (QED) is 0.611. The zero-order chi connectivity index (χ0) is 12.8. The summed E-state index contributed by atoms with van der Waals surface area (Å²) < 4.78 is 18.5. The molecule has 0 bridgehead atoms. The van der Waals surface area contributed by atoms with Crippen molar-refractivity contribution in [2.45, 2.75) is 26.4 Å². The molecule has 0 fully saturated rings. The highest BCUT2D eigenvalue weighted by Gasteiger charge is 2.10. The van der Waals surface area contributed by atoms with Crippen LogP contribution >= 0.6 is 0 Å². The van der Waals surface area contributed by atoms with E-state index < -0.39 is 5.82 Å². The number of hydrogen-bond donors (Lipinski definition) is 2. The van der Waals surface area contributed by atoms with Crippen LogP contribution in [-0.4, -0.2) is 18.6 Å². The van der Waals surface area contributed by atoms with Gasteiger partial charge in [-0.3, -0.25) is 4.79 Å². The van der Waals surface area contributed by atoms with Crippen LogP contribution in [0.5, 0.6) is 0 Å². The first-order valence-electron chi connectivity index (χ1n) is 5.49. The van der Waals surface area contributed by atoms with Gasteiger partial charge in [0.05, 0.1) is 12.2 Å². The van der Waals surface area contributed by atoms with Crippen molar-refractivity contribution in [3.05, 3.63) is 24.0 Å². The molecular weight excluding hydrogens is 223 g/mol. The molecule has 0 aliphatic heterocycles. The van der Waals surface area contributed by atoms with Crippen LogP contribution in [0.4, 0.5) is 15.8 Å². The van der Waals surface area contributed by atoms with Crippen LogP contribution in [0.25, 0.3) is 0 Å². The summed E-state index contributed by atoms with van der Waals surface area (Å²) in [5.41, 5.74) is 6.17. The number of rotatable bonds is 5. The van der Waals surface area contributed by atoms with Gasteiger partial charge in [-0.05, 0) is 24.6 Å². The molecule has 1 atom stereocenters. The average Bonchev–Trinajstić information content (AvgIpc) is 2.25. The number of benzene rings is 1. The van der Waals surface area contributed by atoms with Crippen LogP contribution < -0.4 is 11.1 Å². The molecule has 0 radical (unpaired) electrons. The van der Waals surface area contributed by atoms with E-state index in [-0.39, 0.29) is 12.1 Å². The molecule has 0 spiro atoms. The molecule has 0 unspecified atom stereocenters. The van der Waals surface area contributed by atoms with Gasteiger partial charge in [-0.25, -0.2) is 4.39 Å². The minimum atomic E-state index is -0.414. The Labute approximate surface area is 100.0 Å². The molecule has 1 rings (SSSR count). The van der Waals surface area contributed by atoms with E-state index in [2.05, 4.69) is 5.32 Å². The molecule has 0 aromatic heterocycles. The second-order valence-corrected chi connectivity index (χ2v) is 3.76. The SMILES string of the molecule is CC[C@H](CNc1ccc(N)cc1F)OC(C)=O. The summed E-state index contributed by atoms with van der Waals surface area (Å²) >= 11 is 0. The predicted molar refractivity (Wildman–Crippen MR) is 65.1 cm³/mol. The van der Waals surface area contributed by atoms with Gasteiger partial charge in [0.1, 0.15) is 11.9 Å². The Bertz CT molecular complexity index is 396. The normalized spacial score (nSPS) is 11.9. The Kier molecular flexibility index (Phi) is 4.75. The average molecular weight is 240 g/mol. The van der Waals surface area contributed by atoms with Crippen molar-refractivity contribution in [3.63, 3.8) is 0 Å². The summed E-state index contributed by atoms with van der Waals surface area (Å²) in [4.78, 5) is 10.8. The van der Waals surface area contributed by atoms with E-state index in [1.54, 1.807) is 12.1 Å². The minimum absolute atomic E-state index is 0.260. The zero-order valence-corrected chi connectivity index (χ0v) is 10.00. The van der Waals surface area contributed by atoms with Gasteiger partial charge in [-0.15, -0.1) is 0 Å². The molecule has 3 N–H and O–H groups in total. The van der Waals surface area contributed by atoms with Gasteiger partial charge in [0.15, 0.2) is 0 Å². The summed E-state index contributed by atoms with van der Waals surface area (Å²) in [6.07, 6.45) is 0.410. The van der Waals surface area contributed by atoms with Crippen LogP contribution in [0.1, 0.15) is 20.3 Å². The van der Waals surface area contributed by atoms with Gasteiger partial charge in [0.25, 0.3) is 0 Å². The van der Waals surface area contributed by atoms with Crippen molar-refractivity contribution in [3.8, 4) is 0 Å². The number of nitrogen functional groups attached to an aromatic ring is 1. The summed E-state index contributed by atoms with van der Waals surface area (Å²) in [5, 5.41) is 2.89. The van der Waals surface area contributed by atoms with Crippen molar-refractivity contribution in [2.24, 2.45) is 0 Å². The molecule has 5 heteroatoms. The number of esters is 1. The Hall–Kier alpha value is -1.78. The number of anilines is 2. The number of ether oxygens (including phenoxy) is 1. The number of carbonyl (C=O) groups is 1. The molecule has 0 amide bonds. The molecule has 17 heavy (non-hydrogen) atoms. The molecule has 4 nitrogen and oxygen atoms in total. The van der Waals surface area contributed by atoms with Crippen molar-refractivity contribution in [1.29, 1.82) is 0 Å².